The van der Waals surface area contributed by atoms with Gasteiger partial charge in [-0.05, 0) is 67.8 Å². The van der Waals surface area contributed by atoms with Gasteiger partial charge < -0.3 is 10.6 Å². The van der Waals surface area contributed by atoms with Gasteiger partial charge in [-0.25, -0.2) is 13.6 Å². The molecule has 0 unspecified atom stereocenters. The van der Waals surface area contributed by atoms with Crippen LogP contribution in [0, 0.1) is 0 Å². The predicted octanol–water partition coefficient (Wildman–Crippen LogP) is 2.11. The fourth-order valence-electron chi connectivity index (χ4n) is 3.74. The van der Waals surface area contributed by atoms with Gasteiger partial charge in [0.15, 0.2) is 0 Å². The van der Waals surface area contributed by atoms with Crippen molar-refractivity contribution in [2.24, 2.45) is 5.14 Å². The van der Waals surface area contributed by atoms with Crippen molar-refractivity contribution in [1.29, 1.82) is 0 Å². The lowest BCUT2D eigenvalue weighted by Gasteiger charge is -2.21. The number of hydrogen-bond acceptors (Lipinski definition) is 5. The van der Waals surface area contributed by atoms with Crippen molar-refractivity contribution in [3.63, 3.8) is 0 Å². The van der Waals surface area contributed by atoms with E-state index >= 15 is 0 Å². The number of carbonyl (C=O) groups excluding carboxylic acids is 1. The van der Waals surface area contributed by atoms with Gasteiger partial charge in [0.05, 0.1) is 4.90 Å². The number of primary sulfonamides is 1. The van der Waals surface area contributed by atoms with Crippen LogP contribution in [0.25, 0.3) is 0 Å². The summed E-state index contributed by atoms with van der Waals surface area (Å²) >= 11 is 1.49. The molecule has 2 saturated heterocycles. The zero-order valence-corrected chi connectivity index (χ0v) is 16.2. The maximum absolute atomic E-state index is 12.5. The summed E-state index contributed by atoms with van der Waals surface area (Å²) in [6.07, 6.45) is 3.36. The zero-order chi connectivity index (χ0) is 19.0. The normalized spacial score (nSPS) is 24.1. The predicted molar refractivity (Wildman–Crippen MR) is 104 cm³/mol. The molecule has 2 aromatic rings. The number of fused-ring (bicyclic) bond motifs is 2. The van der Waals surface area contributed by atoms with E-state index in [1.54, 1.807) is 12.1 Å². The van der Waals surface area contributed by atoms with Crippen molar-refractivity contribution in [2.45, 2.75) is 52.1 Å². The smallest absolute Gasteiger partial charge is 0.251 e. The maximum Gasteiger partial charge on any atom is 0.251 e. The van der Waals surface area contributed by atoms with Crippen LogP contribution in [-0.4, -0.2) is 32.5 Å². The van der Waals surface area contributed by atoms with Gasteiger partial charge in [-0.3, -0.25) is 4.79 Å². The van der Waals surface area contributed by atoms with E-state index in [2.05, 4.69) is 10.6 Å². The van der Waals surface area contributed by atoms with E-state index in [1.165, 1.54) is 30.3 Å². The molecule has 2 aliphatic rings. The maximum atomic E-state index is 12.5. The molecule has 2 heterocycles. The van der Waals surface area contributed by atoms with E-state index < -0.39 is 10.0 Å². The number of carbonyl (C=O) groups is 1. The van der Waals surface area contributed by atoms with E-state index in [4.69, 9.17) is 5.14 Å². The molecule has 2 aliphatic heterocycles. The Morgan fingerprint density at radius 2 is 1.67 bits per heavy atom. The van der Waals surface area contributed by atoms with E-state index in [0.717, 1.165) is 22.6 Å². The number of benzene rings is 2. The Labute approximate surface area is 163 Å². The lowest BCUT2D eigenvalue weighted by Crippen LogP contribution is -2.42. The van der Waals surface area contributed by atoms with Crippen LogP contribution in [0.3, 0.4) is 0 Å². The van der Waals surface area contributed by atoms with Gasteiger partial charge in [0.1, 0.15) is 0 Å². The Bertz CT molecular complexity index is 943. The van der Waals surface area contributed by atoms with Gasteiger partial charge in [0.2, 0.25) is 10.0 Å². The molecule has 0 radical (unpaired) electrons. The summed E-state index contributed by atoms with van der Waals surface area (Å²) in [5, 5.41) is 11.8. The van der Waals surface area contributed by atoms with Gasteiger partial charge in [-0.1, -0.05) is 11.8 Å². The van der Waals surface area contributed by atoms with Crippen LogP contribution in [0.4, 0.5) is 0 Å². The molecular weight excluding hydrogens is 382 g/mol. The van der Waals surface area contributed by atoms with E-state index in [9.17, 15) is 13.2 Å². The Balaban J connectivity index is 1.38. The first-order chi connectivity index (χ1) is 12.9. The van der Waals surface area contributed by atoms with Crippen molar-refractivity contribution in [1.82, 2.24) is 10.6 Å². The minimum absolute atomic E-state index is 0.0385. The quantitative estimate of drug-likeness (QED) is 0.710. The Morgan fingerprint density at radius 1 is 1.04 bits per heavy atom. The molecule has 142 valence electrons. The van der Waals surface area contributed by atoms with Crippen LogP contribution in [0.5, 0.6) is 0 Å². The van der Waals surface area contributed by atoms with Crippen molar-refractivity contribution < 1.29 is 13.2 Å². The van der Waals surface area contributed by atoms with Gasteiger partial charge in [-0.2, -0.15) is 0 Å². The molecule has 2 bridgehead atoms. The summed E-state index contributed by atoms with van der Waals surface area (Å²) in [5.41, 5.74) is 0.645. The molecular formula is C19H21N3O3S2. The fourth-order valence-corrected chi connectivity index (χ4v) is 5.08. The molecule has 6 nitrogen and oxygen atoms in total. The molecule has 0 aliphatic carbocycles. The molecule has 4 rings (SSSR count). The first kappa shape index (κ1) is 18.5. The Hall–Kier alpha value is -1.87. The summed E-state index contributed by atoms with van der Waals surface area (Å²) in [4.78, 5) is 14.4. The second-order valence-corrected chi connectivity index (χ2v) is 9.71. The fraction of sp³-hybridized carbons (Fsp3) is 0.316. The Morgan fingerprint density at radius 3 is 2.19 bits per heavy atom. The minimum Gasteiger partial charge on any atom is -0.348 e. The molecule has 8 heteroatoms. The zero-order valence-electron chi connectivity index (χ0n) is 14.6. The van der Waals surface area contributed by atoms with Crippen molar-refractivity contribution in [3.05, 3.63) is 54.1 Å². The number of sulfonamides is 1. The van der Waals surface area contributed by atoms with Gasteiger partial charge in [-0.15, -0.1) is 0 Å². The highest BCUT2D eigenvalue weighted by atomic mass is 32.2. The first-order valence-electron chi connectivity index (χ1n) is 8.86. The lowest BCUT2D eigenvalue weighted by molar-refractivity contribution is 0.0931. The average molecular weight is 404 g/mol. The second-order valence-electron chi connectivity index (χ2n) is 7.01. The number of rotatable bonds is 5. The lowest BCUT2D eigenvalue weighted by atomic mass is 9.95. The van der Waals surface area contributed by atoms with Crippen LogP contribution in [-0.2, 0) is 10.0 Å². The molecule has 3 atom stereocenters. The summed E-state index contributed by atoms with van der Waals surface area (Å²) in [6.45, 7) is 0. The van der Waals surface area contributed by atoms with Crippen LogP contribution < -0.4 is 15.8 Å². The monoisotopic (exact) mass is 403 g/mol. The third kappa shape index (κ3) is 4.19. The molecule has 4 N–H and O–H groups in total. The van der Waals surface area contributed by atoms with E-state index in [1.807, 2.05) is 24.3 Å². The molecule has 0 saturated carbocycles. The minimum atomic E-state index is -3.68. The SMILES string of the molecule is NS(=O)(=O)c1ccc(Sc2ccc(C(=O)N[C@@H]3C[C@H]4CC[C@@H]3N4)cc2)cc1. The van der Waals surface area contributed by atoms with E-state index in [0.29, 0.717) is 17.6 Å². The third-order valence-electron chi connectivity index (χ3n) is 5.12. The number of nitrogens with two attached hydrogens (primary N) is 1. The van der Waals surface area contributed by atoms with Crippen molar-refractivity contribution >= 4 is 27.7 Å². The Kier molecular flexibility index (Phi) is 4.98. The second kappa shape index (κ2) is 7.27. The van der Waals surface area contributed by atoms with Crippen molar-refractivity contribution in [2.75, 3.05) is 0 Å². The molecule has 0 spiro atoms. The number of amides is 1. The molecule has 2 fully saturated rings. The molecule has 1 amide bonds. The summed E-state index contributed by atoms with van der Waals surface area (Å²) in [7, 11) is -3.68. The van der Waals surface area contributed by atoms with Gasteiger partial charge in [0.25, 0.3) is 5.91 Å². The summed E-state index contributed by atoms with van der Waals surface area (Å²) in [5.74, 6) is -0.0385. The van der Waals surface area contributed by atoms with Crippen LogP contribution in [0.2, 0.25) is 0 Å². The van der Waals surface area contributed by atoms with Gasteiger partial charge >= 0.3 is 0 Å². The topological polar surface area (TPSA) is 101 Å². The van der Waals surface area contributed by atoms with Crippen LogP contribution >= 0.6 is 11.8 Å². The van der Waals surface area contributed by atoms with Crippen LogP contribution in [0.1, 0.15) is 29.6 Å². The molecule has 27 heavy (non-hydrogen) atoms. The van der Waals surface area contributed by atoms with Crippen molar-refractivity contribution in [3.8, 4) is 0 Å². The highest BCUT2D eigenvalue weighted by Crippen LogP contribution is 2.30. The highest BCUT2D eigenvalue weighted by Gasteiger charge is 2.39. The van der Waals surface area contributed by atoms with Gasteiger partial charge in [0, 0.05) is 33.5 Å². The average Bonchev–Trinajstić information content (AvgIpc) is 3.25. The summed E-state index contributed by atoms with van der Waals surface area (Å²) < 4.78 is 22.6. The standard InChI is InChI=1S/C19H21N3O3S2/c20-27(24,25)16-8-6-15(7-9-16)26-14-4-1-12(2-5-14)19(23)22-18-11-13-3-10-17(18)21-13/h1-2,4-9,13,17-18,21H,3,10-11H2,(H,22,23)(H2,20,24,25)/t13-,17+,18-/m1/s1. The summed E-state index contributed by atoms with van der Waals surface area (Å²) in [6, 6.07) is 15.0. The number of nitrogens with one attached hydrogen (secondary N) is 2. The largest absolute Gasteiger partial charge is 0.348 e. The van der Waals surface area contributed by atoms with E-state index in [-0.39, 0.29) is 16.8 Å². The third-order valence-corrected chi connectivity index (χ3v) is 7.07. The van der Waals surface area contributed by atoms with Crippen LogP contribution in [0.15, 0.2) is 63.2 Å². The highest BCUT2D eigenvalue weighted by molar-refractivity contribution is 7.99. The first-order valence-corrected chi connectivity index (χ1v) is 11.2. The molecule has 0 aromatic heterocycles. The number of hydrogen-bond donors (Lipinski definition) is 3. The molecule has 2 aromatic carbocycles.